The summed E-state index contributed by atoms with van der Waals surface area (Å²) in [5.74, 6) is 0.336. The van der Waals surface area contributed by atoms with Gasteiger partial charge in [-0.1, -0.05) is 64.1 Å². The number of ether oxygens (including phenoxy) is 2. The standard InChI is InChI=1S/C17H33IO4Si/c1-9-13(18)15-12(3)14(21-16(19)22-15)11(2)10-20-23(7,8)17(4,5)6/h11-15H,9-10H2,1-8H3/t11-,12-,13-,14+,15-/m1/s1. The monoisotopic (exact) mass is 456 g/mol. The van der Waals surface area contributed by atoms with E-state index in [-0.39, 0.29) is 29.1 Å². The van der Waals surface area contributed by atoms with Gasteiger partial charge in [0.05, 0.1) is 0 Å². The minimum absolute atomic E-state index is 0.0813. The van der Waals surface area contributed by atoms with E-state index < -0.39 is 14.5 Å². The molecule has 0 aromatic rings. The van der Waals surface area contributed by atoms with Crippen molar-refractivity contribution in [3.63, 3.8) is 0 Å². The third-order valence-electron chi connectivity index (χ3n) is 5.32. The third kappa shape index (κ3) is 5.32. The first-order valence-corrected chi connectivity index (χ1v) is 12.7. The summed E-state index contributed by atoms with van der Waals surface area (Å²) < 4.78 is 17.6. The highest BCUT2D eigenvalue weighted by Gasteiger charge is 2.44. The van der Waals surface area contributed by atoms with Crippen LogP contribution in [0.1, 0.15) is 48.0 Å². The molecule has 1 aliphatic heterocycles. The van der Waals surface area contributed by atoms with E-state index in [4.69, 9.17) is 13.9 Å². The van der Waals surface area contributed by atoms with Gasteiger partial charge >= 0.3 is 6.16 Å². The number of hydrogen-bond acceptors (Lipinski definition) is 4. The summed E-state index contributed by atoms with van der Waals surface area (Å²) in [4.78, 5) is 11.8. The van der Waals surface area contributed by atoms with Crippen LogP contribution in [0.3, 0.4) is 0 Å². The molecule has 0 N–H and O–H groups in total. The summed E-state index contributed by atoms with van der Waals surface area (Å²) in [7, 11) is -1.79. The van der Waals surface area contributed by atoms with E-state index >= 15 is 0 Å². The molecule has 0 aliphatic carbocycles. The lowest BCUT2D eigenvalue weighted by Crippen LogP contribution is -2.50. The molecular formula is C17H33IO4Si. The molecule has 0 aromatic heterocycles. The molecule has 1 fully saturated rings. The Morgan fingerprint density at radius 1 is 1.26 bits per heavy atom. The normalized spacial score (nSPS) is 28.7. The molecule has 1 aliphatic rings. The van der Waals surface area contributed by atoms with Gasteiger partial charge in [-0.15, -0.1) is 0 Å². The predicted molar refractivity (Wildman–Crippen MR) is 105 cm³/mol. The van der Waals surface area contributed by atoms with E-state index in [9.17, 15) is 4.79 Å². The average molecular weight is 456 g/mol. The smallest absolute Gasteiger partial charge is 0.430 e. The average Bonchev–Trinajstić information content (AvgIpc) is 2.44. The minimum atomic E-state index is -1.79. The molecule has 0 amide bonds. The van der Waals surface area contributed by atoms with E-state index in [1.165, 1.54) is 0 Å². The highest BCUT2D eigenvalue weighted by Crippen LogP contribution is 2.38. The van der Waals surface area contributed by atoms with Crippen LogP contribution in [-0.4, -0.2) is 37.2 Å². The number of rotatable bonds is 6. The molecule has 0 radical (unpaired) electrons. The molecule has 1 rings (SSSR count). The molecule has 6 heteroatoms. The van der Waals surface area contributed by atoms with Crippen molar-refractivity contribution in [2.45, 2.75) is 82.2 Å². The zero-order valence-corrected chi connectivity index (χ0v) is 19.0. The zero-order valence-electron chi connectivity index (χ0n) is 15.8. The number of carbonyl (C=O) groups excluding carboxylic acids is 1. The molecule has 1 heterocycles. The van der Waals surface area contributed by atoms with Crippen LogP contribution in [-0.2, 0) is 13.9 Å². The minimum Gasteiger partial charge on any atom is -0.430 e. The predicted octanol–water partition coefficient (Wildman–Crippen LogP) is 5.40. The Labute approximate surface area is 156 Å². The van der Waals surface area contributed by atoms with Gasteiger partial charge in [-0.3, -0.25) is 0 Å². The van der Waals surface area contributed by atoms with Gasteiger partial charge in [0.15, 0.2) is 8.32 Å². The Morgan fingerprint density at radius 3 is 2.26 bits per heavy atom. The second-order valence-electron chi connectivity index (χ2n) is 8.25. The summed E-state index contributed by atoms with van der Waals surface area (Å²) in [5.41, 5.74) is 0. The highest BCUT2D eigenvalue weighted by molar-refractivity contribution is 14.1. The van der Waals surface area contributed by atoms with Crippen molar-refractivity contribution in [2.24, 2.45) is 11.8 Å². The third-order valence-corrected chi connectivity index (χ3v) is 11.4. The largest absolute Gasteiger partial charge is 0.508 e. The topological polar surface area (TPSA) is 44.8 Å². The van der Waals surface area contributed by atoms with Gasteiger partial charge in [0.1, 0.15) is 12.2 Å². The summed E-state index contributed by atoms with van der Waals surface area (Å²) in [6, 6.07) is 0. The van der Waals surface area contributed by atoms with Crippen molar-refractivity contribution < 1.29 is 18.7 Å². The number of hydrogen-bond donors (Lipinski definition) is 0. The number of alkyl halides is 1. The van der Waals surface area contributed by atoms with Gasteiger partial charge in [-0.2, -0.15) is 0 Å². The lowest BCUT2D eigenvalue weighted by Gasteiger charge is -2.41. The van der Waals surface area contributed by atoms with E-state index in [0.717, 1.165) is 6.42 Å². The van der Waals surface area contributed by atoms with Crippen LogP contribution in [0.25, 0.3) is 0 Å². The molecule has 0 saturated carbocycles. The van der Waals surface area contributed by atoms with Gasteiger partial charge < -0.3 is 13.9 Å². The van der Waals surface area contributed by atoms with Crippen molar-refractivity contribution in [2.75, 3.05) is 6.61 Å². The first-order valence-electron chi connectivity index (χ1n) is 8.56. The molecule has 0 spiro atoms. The van der Waals surface area contributed by atoms with E-state index in [1.54, 1.807) is 0 Å². The number of halogens is 1. The zero-order chi connectivity index (χ0) is 18.0. The second-order valence-corrected chi connectivity index (χ2v) is 14.7. The van der Waals surface area contributed by atoms with Crippen LogP contribution in [0.2, 0.25) is 18.1 Å². The van der Waals surface area contributed by atoms with Gasteiger partial charge in [0.25, 0.3) is 0 Å². The van der Waals surface area contributed by atoms with Crippen LogP contribution in [0.15, 0.2) is 0 Å². The highest BCUT2D eigenvalue weighted by atomic mass is 127. The van der Waals surface area contributed by atoms with Crippen molar-refractivity contribution in [3.8, 4) is 0 Å². The van der Waals surface area contributed by atoms with Gasteiger partial charge in [0, 0.05) is 22.4 Å². The Kier molecular flexibility index (Phi) is 7.42. The maximum Gasteiger partial charge on any atom is 0.508 e. The van der Waals surface area contributed by atoms with Crippen molar-refractivity contribution in [1.82, 2.24) is 0 Å². The number of carbonyl (C=O) groups is 1. The fourth-order valence-corrected chi connectivity index (χ4v) is 4.49. The Bertz CT molecular complexity index is 408. The summed E-state index contributed by atoms with van der Waals surface area (Å²) in [6.45, 7) is 18.2. The molecular weight excluding hydrogens is 423 g/mol. The van der Waals surface area contributed by atoms with Crippen LogP contribution < -0.4 is 0 Å². The summed E-state index contributed by atoms with van der Waals surface area (Å²) in [5, 5.41) is 0.183. The van der Waals surface area contributed by atoms with Crippen LogP contribution in [0, 0.1) is 11.8 Å². The quantitative estimate of drug-likeness (QED) is 0.232. The van der Waals surface area contributed by atoms with Crippen LogP contribution in [0.5, 0.6) is 0 Å². The Morgan fingerprint density at radius 2 is 1.78 bits per heavy atom. The second kappa shape index (κ2) is 8.04. The van der Waals surface area contributed by atoms with Gasteiger partial charge in [-0.25, -0.2) is 4.79 Å². The van der Waals surface area contributed by atoms with Crippen molar-refractivity contribution in [3.05, 3.63) is 0 Å². The maximum absolute atomic E-state index is 11.8. The fraction of sp³-hybridized carbons (Fsp3) is 0.941. The first kappa shape index (κ1) is 21.2. The van der Waals surface area contributed by atoms with Crippen molar-refractivity contribution in [1.29, 1.82) is 0 Å². The Hall–Kier alpha value is 0.177. The molecule has 0 unspecified atom stereocenters. The fourth-order valence-electron chi connectivity index (χ4n) is 2.57. The van der Waals surface area contributed by atoms with Crippen LogP contribution >= 0.6 is 22.6 Å². The lowest BCUT2D eigenvalue weighted by atomic mass is 9.87. The molecule has 136 valence electrons. The molecule has 1 saturated heterocycles. The van der Waals surface area contributed by atoms with E-state index in [0.29, 0.717) is 10.5 Å². The maximum atomic E-state index is 11.8. The van der Waals surface area contributed by atoms with Gasteiger partial charge in [0.2, 0.25) is 0 Å². The molecule has 0 bridgehead atoms. The van der Waals surface area contributed by atoms with Crippen LogP contribution in [0.4, 0.5) is 4.79 Å². The van der Waals surface area contributed by atoms with E-state index in [1.807, 2.05) is 0 Å². The molecule has 0 aromatic carbocycles. The molecule has 4 nitrogen and oxygen atoms in total. The van der Waals surface area contributed by atoms with E-state index in [2.05, 4.69) is 77.2 Å². The Balaban J connectivity index is 2.74. The SMILES string of the molecule is CC[C@@H](I)[C@@H]1OC(=O)O[C@@H]([C@H](C)CO[Si](C)(C)C(C)(C)C)[C@H]1C. The summed E-state index contributed by atoms with van der Waals surface area (Å²) in [6.07, 6.45) is 0.217. The van der Waals surface area contributed by atoms with Gasteiger partial charge in [-0.05, 0) is 24.6 Å². The number of cyclic esters (lactones) is 2. The summed E-state index contributed by atoms with van der Waals surface area (Å²) >= 11 is 2.37. The molecule has 5 atom stereocenters. The first-order chi connectivity index (χ1) is 10.4. The lowest BCUT2D eigenvalue weighted by molar-refractivity contribution is -0.114. The molecule has 23 heavy (non-hydrogen) atoms. The van der Waals surface area contributed by atoms with Crippen molar-refractivity contribution >= 4 is 37.1 Å².